The van der Waals surface area contributed by atoms with Crippen LogP contribution < -0.4 is 5.32 Å². The topological polar surface area (TPSA) is 102 Å². The molecule has 1 aliphatic carbocycles. The lowest BCUT2D eigenvalue weighted by molar-refractivity contribution is -0.118. The van der Waals surface area contributed by atoms with Gasteiger partial charge in [-0.1, -0.05) is 37.8 Å². The molecule has 1 fully saturated rings. The molecule has 1 aliphatic rings. The van der Waals surface area contributed by atoms with E-state index in [0.29, 0.717) is 12.0 Å². The zero-order valence-electron chi connectivity index (χ0n) is 17.7. The summed E-state index contributed by atoms with van der Waals surface area (Å²) in [5.41, 5.74) is -4.94. The minimum atomic E-state index is -5.47. The van der Waals surface area contributed by atoms with Crippen molar-refractivity contribution in [3.8, 4) is 0 Å². The molecule has 33 heavy (non-hydrogen) atoms. The van der Waals surface area contributed by atoms with Crippen LogP contribution in [0.25, 0.3) is 0 Å². The Kier molecular flexibility index (Phi) is 7.78. The van der Waals surface area contributed by atoms with E-state index in [4.69, 9.17) is 4.74 Å². The van der Waals surface area contributed by atoms with Crippen molar-refractivity contribution in [2.24, 2.45) is 5.92 Å². The average molecular weight is 505 g/mol. The van der Waals surface area contributed by atoms with Crippen LogP contribution in [0.5, 0.6) is 0 Å². The molecule has 2 aromatic rings. The summed E-state index contributed by atoms with van der Waals surface area (Å²) in [6.07, 6.45) is 4.42. The first-order valence-corrected chi connectivity index (χ1v) is 12.7. The van der Waals surface area contributed by atoms with Gasteiger partial charge in [0.25, 0.3) is 9.84 Å². The van der Waals surface area contributed by atoms with Gasteiger partial charge in [0.15, 0.2) is 10.8 Å². The van der Waals surface area contributed by atoms with Crippen molar-refractivity contribution in [2.45, 2.75) is 55.3 Å². The predicted molar refractivity (Wildman–Crippen MR) is 116 cm³/mol. The molecule has 1 amide bonds. The molecular weight excluding hydrogens is 481 g/mol. The van der Waals surface area contributed by atoms with E-state index in [1.807, 2.05) is 0 Å². The highest BCUT2D eigenvalue weighted by Crippen LogP contribution is 2.36. The van der Waals surface area contributed by atoms with E-state index < -0.39 is 38.0 Å². The fourth-order valence-electron chi connectivity index (χ4n) is 3.81. The summed E-state index contributed by atoms with van der Waals surface area (Å²) in [5, 5.41) is 4.31. The van der Waals surface area contributed by atoms with Crippen molar-refractivity contribution in [1.82, 2.24) is 4.98 Å². The van der Waals surface area contributed by atoms with Gasteiger partial charge in [-0.25, -0.2) is 18.2 Å². The van der Waals surface area contributed by atoms with Gasteiger partial charge in [0.05, 0.1) is 17.4 Å². The maximum Gasteiger partial charge on any atom is 0.501 e. The third-order valence-electron chi connectivity index (χ3n) is 5.48. The van der Waals surface area contributed by atoms with E-state index in [-0.39, 0.29) is 23.4 Å². The number of nitrogens with one attached hydrogen (secondary N) is 1. The smallest absolute Gasteiger partial charge is 0.461 e. The molecule has 1 unspecified atom stereocenters. The molecule has 0 spiro atoms. The first kappa shape index (κ1) is 25.2. The van der Waals surface area contributed by atoms with Crippen LogP contribution in [0.1, 0.15) is 61.0 Å². The van der Waals surface area contributed by atoms with Gasteiger partial charge in [0.2, 0.25) is 5.91 Å². The predicted octanol–water partition coefficient (Wildman–Crippen LogP) is 4.92. The van der Waals surface area contributed by atoms with Crippen molar-refractivity contribution >= 4 is 38.2 Å². The van der Waals surface area contributed by atoms with Gasteiger partial charge in [-0.05, 0) is 37.0 Å². The van der Waals surface area contributed by atoms with Gasteiger partial charge in [-0.15, -0.1) is 11.3 Å². The number of anilines is 1. The van der Waals surface area contributed by atoms with E-state index in [1.54, 1.807) is 6.92 Å². The van der Waals surface area contributed by atoms with E-state index in [0.717, 1.165) is 49.2 Å². The summed E-state index contributed by atoms with van der Waals surface area (Å²) in [6, 6.07) is 4.22. The zero-order chi connectivity index (χ0) is 24.2. The maximum absolute atomic E-state index is 13.1. The molecule has 3 rings (SSSR count). The van der Waals surface area contributed by atoms with Gasteiger partial charge in [-0.2, -0.15) is 13.2 Å². The number of halogens is 3. The number of rotatable bonds is 8. The fourth-order valence-corrected chi connectivity index (χ4v) is 5.25. The number of hydrogen-bond donors (Lipinski definition) is 1. The lowest BCUT2D eigenvalue weighted by Gasteiger charge is -2.20. The second-order valence-corrected chi connectivity index (χ2v) is 10.5. The first-order chi connectivity index (χ1) is 15.5. The van der Waals surface area contributed by atoms with Crippen LogP contribution in [0.15, 0.2) is 34.5 Å². The number of nitrogens with zero attached hydrogens (tertiary/aromatic N) is 1. The van der Waals surface area contributed by atoms with E-state index in [9.17, 15) is 31.2 Å². The molecule has 1 aromatic heterocycles. The van der Waals surface area contributed by atoms with Crippen LogP contribution in [-0.2, 0) is 19.4 Å². The third kappa shape index (κ3) is 5.91. The first-order valence-electron chi connectivity index (χ1n) is 10.4. The molecule has 1 atom stereocenters. The molecule has 0 bridgehead atoms. The summed E-state index contributed by atoms with van der Waals surface area (Å²) in [7, 11) is -5.47. The van der Waals surface area contributed by atoms with Crippen molar-refractivity contribution in [1.29, 1.82) is 0 Å². The number of benzene rings is 1. The second-order valence-electron chi connectivity index (χ2n) is 7.70. The number of hydrogen-bond acceptors (Lipinski definition) is 7. The van der Waals surface area contributed by atoms with Crippen LogP contribution >= 0.6 is 11.3 Å². The molecule has 1 N–H and O–H groups in total. The Hall–Kier alpha value is -2.47. The van der Waals surface area contributed by atoms with E-state index in [1.165, 1.54) is 17.5 Å². The maximum atomic E-state index is 13.1. The molecule has 1 aromatic carbocycles. The number of alkyl halides is 3. The molecule has 180 valence electrons. The fraction of sp³-hybridized carbons (Fsp3) is 0.476. The molecule has 0 radical (unpaired) electrons. The summed E-state index contributed by atoms with van der Waals surface area (Å²) in [6.45, 7) is 1.84. The van der Waals surface area contributed by atoms with Crippen molar-refractivity contribution < 1.29 is 35.9 Å². The Bertz CT molecular complexity index is 1090. The lowest BCUT2D eigenvalue weighted by atomic mass is 9.87. The number of carbonyl (C=O) groups excluding carboxylic acids is 2. The van der Waals surface area contributed by atoms with Crippen LogP contribution in [0.2, 0.25) is 0 Å². The Labute approximate surface area is 193 Å². The van der Waals surface area contributed by atoms with Gasteiger partial charge in [0, 0.05) is 5.38 Å². The number of aromatic nitrogens is 1. The number of carbonyl (C=O) groups is 2. The quantitative estimate of drug-likeness (QED) is 0.512. The second kappa shape index (κ2) is 10.2. The van der Waals surface area contributed by atoms with Crippen LogP contribution in [0.4, 0.5) is 18.3 Å². The van der Waals surface area contributed by atoms with E-state index in [2.05, 4.69) is 10.3 Å². The van der Waals surface area contributed by atoms with Gasteiger partial charge in [0.1, 0.15) is 0 Å². The van der Waals surface area contributed by atoms with E-state index >= 15 is 0 Å². The van der Waals surface area contributed by atoms with Crippen molar-refractivity contribution in [3.63, 3.8) is 0 Å². The number of sulfone groups is 1. The Morgan fingerprint density at radius 1 is 1.21 bits per heavy atom. The summed E-state index contributed by atoms with van der Waals surface area (Å²) < 4.78 is 66.7. The molecule has 7 nitrogen and oxygen atoms in total. The highest BCUT2D eigenvalue weighted by atomic mass is 32.2. The molecule has 0 saturated heterocycles. The molecule has 1 heterocycles. The number of esters is 1. The standard InChI is InChI=1S/C21H23F3N2O5S2/c1-2-31-19(28)17-12-32-20(25-17)26-18(27)16(11-13-5-3-4-6-13)14-7-9-15(10-8-14)33(29,30)21(22,23)24/h7-10,12-13,16H,2-6,11H2,1H3,(H,25,26,27). The number of amides is 1. The molecular formula is C21H23F3N2O5S2. The minimum Gasteiger partial charge on any atom is -0.461 e. The minimum absolute atomic E-state index is 0.0613. The normalized spacial score (nSPS) is 15.9. The number of thiazole rings is 1. The summed E-state index contributed by atoms with van der Waals surface area (Å²) >= 11 is 1.05. The monoisotopic (exact) mass is 504 g/mol. The zero-order valence-corrected chi connectivity index (χ0v) is 19.4. The Morgan fingerprint density at radius 2 is 1.85 bits per heavy atom. The van der Waals surface area contributed by atoms with Gasteiger partial charge in [-0.3, -0.25) is 4.79 Å². The van der Waals surface area contributed by atoms with Crippen molar-refractivity contribution in [2.75, 3.05) is 11.9 Å². The highest BCUT2D eigenvalue weighted by Gasteiger charge is 2.46. The molecule has 12 heteroatoms. The highest BCUT2D eigenvalue weighted by molar-refractivity contribution is 7.92. The summed E-state index contributed by atoms with van der Waals surface area (Å²) in [5.74, 6) is -1.49. The Balaban J connectivity index is 1.83. The van der Waals surface area contributed by atoms with Crippen LogP contribution in [0, 0.1) is 5.92 Å². The molecule has 1 saturated carbocycles. The largest absolute Gasteiger partial charge is 0.501 e. The van der Waals surface area contributed by atoms with Crippen LogP contribution in [-0.4, -0.2) is 37.4 Å². The van der Waals surface area contributed by atoms with Gasteiger partial charge < -0.3 is 10.1 Å². The van der Waals surface area contributed by atoms with Crippen LogP contribution in [0.3, 0.4) is 0 Å². The SMILES string of the molecule is CCOC(=O)c1csc(NC(=O)C(CC2CCCC2)c2ccc(S(=O)(=O)C(F)(F)F)cc2)n1. The summed E-state index contributed by atoms with van der Waals surface area (Å²) in [4.78, 5) is 28.1. The number of ether oxygens (including phenoxy) is 1. The Morgan fingerprint density at radius 3 is 2.42 bits per heavy atom. The third-order valence-corrected chi connectivity index (χ3v) is 7.74. The van der Waals surface area contributed by atoms with Crippen molar-refractivity contribution in [3.05, 3.63) is 40.9 Å². The molecule has 0 aliphatic heterocycles. The lowest BCUT2D eigenvalue weighted by Crippen LogP contribution is -2.24. The average Bonchev–Trinajstić information content (AvgIpc) is 3.43. The van der Waals surface area contributed by atoms with Gasteiger partial charge >= 0.3 is 11.5 Å².